The molecule has 0 saturated heterocycles. The van der Waals surface area contributed by atoms with Gasteiger partial charge in [0.1, 0.15) is 0 Å². The van der Waals surface area contributed by atoms with E-state index >= 15 is 0 Å². The van der Waals surface area contributed by atoms with E-state index in [1.807, 2.05) is 12.2 Å². The second-order valence-electron chi connectivity index (χ2n) is 4.15. The van der Waals surface area contributed by atoms with Crippen LogP contribution in [-0.2, 0) is 0 Å². The first kappa shape index (κ1) is 14.4. The molecule has 0 aliphatic carbocycles. The molecule has 0 radical (unpaired) electrons. The van der Waals surface area contributed by atoms with Gasteiger partial charge in [0.25, 0.3) is 0 Å². The fraction of sp³-hybridized carbons (Fsp3) is 0.692. The first-order valence-electron chi connectivity index (χ1n) is 5.88. The van der Waals surface area contributed by atoms with Gasteiger partial charge in [-0.3, -0.25) is 4.90 Å². The van der Waals surface area contributed by atoms with Crippen LogP contribution in [0.15, 0.2) is 25.3 Å². The van der Waals surface area contributed by atoms with Crippen molar-refractivity contribution in [3.63, 3.8) is 0 Å². The van der Waals surface area contributed by atoms with E-state index in [2.05, 4.69) is 37.2 Å². The summed E-state index contributed by atoms with van der Waals surface area (Å²) in [5.74, 6) is 0. The maximum absolute atomic E-state index is 3.76. The smallest absolute Gasteiger partial charge is 0.0163 e. The molecule has 0 saturated carbocycles. The minimum atomic E-state index is 0.599. The van der Waals surface area contributed by atoms with Crippen molar-refractivity contribution >= 4 is 0 Å². The summed E-state index contributed by atoms with van der Waals surface area (Å²) >= 11 is 0. The summed E-state index contributed by atoms with van der Waals surface area (Å²) < 4.78 is 0. The van der Waals surface area contributed by atoms with Crippen LogP contribution in [0.2, 0.25) is 0 Å². The quantitative estimate of drug-likeness (QED) is 0.440. The zero-order valence-electron chi connectivity index (χ0n) is 10.3. The molecule has 0 aromatic rings. The molecule has 15 heavy (non-hydrogen) atoms. The van der Waals surface area contributed by atoms with E-state index in [-0.39, 0.29) is 0 Å². The van der Waals surface area contributed by atoms with Crippen LogP contribution < -0.4 is 5.32 Å². The Hall–Kier alpha value is -0.600. The Bertz CT molecular complexity index is 154. The molecule has 0 atom stereocenters. The number of unbranched alkanes of at least 4 members (excludes halogenated alkanes) is 1. The molecule has 88 valence electrons. The molecule has 0 aliphatic rings. The summed E-state index contributed by atoms with van der Waals surface area (Å²) in [4.78, 5) is 2.36. The third-order valence-corrected chi connectivity index (χ3v) is 2.23. The zero-order chi connectivity index (χ0) is 11.5. The maximum atomic E-state index is 3.76. The summed E-state index contributed by atoms with van der Waals surface area (Å²) in [5, 5.41) is 3.42. The normalized spacial score (nSPS) is 10.9. The molecule has 0 bridgehead atoms. The summed E-state index contributed by atoms with van der Waals surface area (Å²) in [7, 11) is 0. The molecular weight excluding hydrogens is 184 g/mol. The lowest BCUT2D eigenvalue weighted by molar-refractivity contribution is 0.325. The molecule has 0 amide bonds. The van der Waals surface area contributed by atoms with Gasteiger partial charge in [-0.05, 0) is 25.9 Å². The highest BCUT2D eigenvalue weighted by atomic mass is 15.1. The molecule has 0 unspecified atom stereocenters. The van der Waals surface area contributed by atoms with Crippen LogP contribution in [0.4, 0.5) is 0 Å². The first-order chi connectivity index (χ1) is 7.20. The van der Waals surface area contributed by atoms with Crippen molar-refractivity contribution in [1.29, 1.82) is 0 Å². The van der Waals surface area contributed by atoms with E-state index in [9.17, 15) is 0 Å². The predicted molar refractivity (Wildman–Crippen MR) is 69.2 cm³/mol. The van der Waals surface area contributed by atoms with Crippen LogP contribution in [0.3, 0.4) is 0 Å². The van der Waals surface area contributed by atoms with Crippen LogP contribution in [0.25, 0.3) is 0 Å². The van der Waals surface area contributed by atoms with Crippen molar-refractivity contribution < 1.29 is 0 Å². The van der Waals surface area contributed by atoms with Gasteiger partial charge < -0.3 is 5.32 Å². The second kappa shape index (κ2) is 9.94. The molecule has 2 nitrogen and oxygen atoms in total. The molecule has 0 spiro atoms. The van der Waals surface area contributed by atoms with E-state index in [0.29, 0.717) is 6.04 Å². The molecule has 0 heterocycles. The van der Waals surface area contributed by atoms with E-state index in [1.54, 1.807) is 0 Å². The van der Waals surface area contributed by atoms with Gasteiger partial charge in [0.05, 0.1) is 0 Å². The van der Waals surface area contributed by atoms with Crippen molar-refractivity contribution in [3.8, 4) is 0 Å². The Balaban J connectivity index is 3.43. The van der Waals surface area contributed by atoms with Gasteiger partial charge >= 0.3 is 0 Å². The van der Waals surface area contributed by atoms with Gasteiger partial charge in [-0.25, -0.2) is 0 Å². The highest BCUT2D eigenvalue weighted by Gasteiger charge is 1.99. The molecule has 2 heteroatoms. The number of nitrogens with zero attached hydrogens (tertiary/aromatic N) is 1. The molecule has 0 aromatic heterocycles. The Morgan fingerprint density at radius 3 is 2.20 bits per heavy atom. The van der Waals surface area contributed by atoms with E-state index in [0.717, 1.165) is 26.2 Å². The third-order valence-electron chi connectivity index (χ3n) is 2.23. The minimum absolute atomic E-state index is 0.599. The van der Waals surface area contributed by atoms with Crippen molar-refractivity contribution in [3.05, 3.63) is 25.3 Å². The van der Waals surface area contributed by atoms with Gasteiger partial charge in [0, 0.05) is 19.1 Å². The van der Waals surface area contributed by atoms with Crippen molar-refractivity contribution in [2.75, 3.05) is 26.2 Å². The summed E-state index contributed by atoms with van der Waals surface area (Å²) in [6.45, 7) is 16.1. The Morgan fingerprint density at radius 2 is 1.73 bits per heavy atom. The van der Waals surface area contributed by atoms with Gasteiger partial charge in [-0.15, -0.1) is 13.2 Å². The number of hydrogen-bond donors (Lipinski definition) is 1. The van der Waals surface area contributed by atoms with E-state index in [4.69, 9.17) is 0 Å². The fourth-order valence-corrected chi connectivity index (χ4v) is 1.47. The standard InChI is InChI=1S/C13H26N2/c1-5-10-15(11-6-2)12-8-7-9-14-13(3)4/h5-6,13-14H,1-2,7-12H2,3-4H3. The van der Waals surface area contributed by atoms with Gasteiger partial charge in [-0.2, -0.15) is 0 Å². The van der Waals surface area contributed by atoms with Gasteiger partial charge in [-0.1, -0.05) is 26.0 Å². The predicted octanol–water partition coefficient (Wildman–Crippen LogP) is 2.44. The minimum Gasteiger partial charge on any atom is -0.315 e. The molecule has 0 fully saturated rings. The molecule has 0 aromatic carbocycles. The number of rotatable bonds is 10. The molecule has 1 N–H and O–H groups in total. The lowest BCUT2D eigenvalue weighted by Crippen LogP contribution is -2.27. The maximum Gasteiger partial charge on any atom is 0.0163 e. The van der Waals surface area contributed by atoms with Crippen LogP contribution >= 0.6 is 0 Å². The lowest BCUT2D eigenvalue weighted by Gasteiger charge is -2.18. The van der Waals surface area contributed by atoms with Crippen molar-refractivity contribution in [1.82, 2.24) is 10.2 Å². The van der Waals surface area contributed by atoms with Crippen molar-refractivity contribution in [2.45, 2.75) is 32.7 Å². The molecule has 0 rings (SSSR count). The zero-order valence-corrected chi connectivity index (χ0v) is 10.3. The van der Waals surface area contributed by atoms with Gasteiger partial charge in [0.2, 0.25) is 0 Å². The highest BCUT2D eigenvalue weighted by molar-refractivity contribution is 4.79. The highest BCUT2D eigenvalue weighted by Crippen LogP contribution is 1.95. The summed E-state index contributed by atoms with van der Waals surface area (Å²) in [5.41, 5.74) is 0. The largest absolute Gasteiger partial charge is 0.315 e. The summed E-state index contributed by atoms with van der Waals surface area (Å²) in [6.07, 6.45) is 6.39. The van der Waals surface area contributed by atoms with Crippen LogP contribution in [0.1, 0.15) is 26.7 Å². The van der Waals surface area contributed by atoms with Crippen molar-refractivity contribution in [2.24, 2.45) is 0 Å². The monoisotopic (exact) mass is 210 g/mol. The Morgan fingerprint density at radius 1 is 1.13 bits per heavy atom. The second-order valence-corrected chi connectivity index (χ2v) is 4.15. The number of hydrogen-bond acceptors (Lipinski definition) is 2. The Kier molecular flexibility index (Phi) is 9.54. The number of nitrogens with one attached hydrogen (secondary N) is 1. The first-order valence-corrected chi connectivity index (χ1v) is 5.88. The van der Waals surface area contributed by atoms with Crippen LogP contribution in [0.5, 0.6) is 0 Å². The average Bonchev–Trinajstić information content (AvgIpc) is 2.17. The average molecular weight is 210 g/mol. The lowest BCUT2D eigenvalue weighted by atomic mass is 10.2. The summed E-state index contributed by atoms with van der Waals surface area (Å²) in [6, 6.07) is 0.599. The van der Waals surface area contributed by atoms with Crippen LogP contribution in [0, 0.1) is 0 Å². The molecular formula is C13H26N2. The Labute approximate surface area is 95.0 Å². The van der Waals surface area contributed by atoms with E-state index < -0.39 is 0 Å². The van der Waals surface area contributed by atoms with Crippen LogP contribution in [-0.4, -0.2) is 37.1 Å². The van der Waals surface area contributed by atoms with Gasteiger partial charge in [0.15, 0.2) is 0 Å². The topological polar surface area (TPSA) is 15.3 Å². The fourth-order valence-electron chi connectivity index (χ4n) is 1.47. The SMILES string of the molecule is C=CCN(CC=C)CCCCNC(C)C. The molecule has 0 aliphatic heterocycles. The third kappa shape index (κ3) is 9.70. The van der Waals surface area contributed by atoms with E-state index in [1.165, 1.54) is 12.8 Å².